The molecule has 12 heteroatoms. The molecule has 0 fully saturated rings. The van der Waals surface area contributed by atoms with Crippen LogP contribution in [0.4, 0.5) is 22.0 Å². The van der Waals surface area contributed by atoms with Gasteiger partial charge in [0.05, 0.1) is 33.4 Å². The lowest BCUT2D eigenvalue weighted by molar-refractivity contribution is -0.138. The van der Waals surface area contributed by atoms with Crippen LogP contribution in [0.15, 0.2) is 41.3 Å². The third-order valence-electron chi connectivity index (χ3n) is 5.25. The van der Waals surface area contributed by atoms with E-state index in [2.05, 4.69) is 15.0 Å². The molecule has 1 aromatic carbocycles. The largest absolute Gasteiger partial charge is 0.438 e. The Balaban J connectivity index is 1.99. The number of halogens is 5. The number of pyridine rings is 3. The molecule has 0 aliphatic heterocycles. The SMILES string of the molecule is Cc1nc(Oc2ccc(F)c(F)c2C)c(-c2cc(=O)c3c(C(N)=O)nccc3[nH]2)cc1C(F)(F)F. The van der Waals surface area contributed by atoms with Crippen molar-refractivity contribution in [3.63, 3.8) is 0 Å². The molecule has 0 atom stereocenters. The summed E-state index contributed by atoms with van der Waals surface area (Å²) in [5.74, 6) is -3.89. The highest BCUT2D eigenvalue weighted by molar-refractivity contribution is 6.03. The summed E-state index contributed by atoms with van der Waals surface area (Å²) in [6, 6.07) is 4.89. The van der Waals surface area contributed by atoms with Crippen molar-refractivity contribution < 1.29 is 31.5 Å². The van der Waals surface area contributed by atoms with Crippen molar-refractivity contribution in [3.8, 4) is 22.9 Å². The molecular weight excluding hydrogens is 475 g/mol. The lowest BCUT2D eigenvalue weighted by Crippen LogP contribution is -2.18. The lowest BCUT2D eigenvalue weighted by Gasteiger charge is -2.17. The van der Waals surface area contributed by atoms with Crippen LogP contribution >= 0.6 is 0 Å². The van der Waals surface area contributed by atoms with Gasteiger partial charge in [0, 0.05) is 17.8 Å². The van der Waals surface area contributed by atoms with Crippen LogP contribution in [-0.4, -0.2) is 20.9 Å². The number of carbonyl (C=O) groups excluding carboxylic acids is 1. The number of aryl methyl sites for hydroxylation is 1. The monoisotopic (exact) mass is 490 g/mol. The minimum absolute atomic E-state index is 0.0698. The Hall–Kier alpha value is -4.35. The molecule has 0 aliphatic carbocycles. The van der Waals surface area contributed by atoms with Gasteiger partial charge in [0.2, 0.25) is 5.88 Å². The van der Waals surface area contributed by atoms with Gasteiger partial charge in [-0.2, -0.15) is 13.2 Å². The van der Waals surface area contributed by atoms with E-state index < -0.39 is 46.3 Å². The highest BCUT2D eigenvalue weighted by Gasteiger charge is 2.35. The summed E-state index contributed by atoms with van der Waals surface area (Å²) in [5.41, 5.74) is 2.05. The van der Waals surface area contributed by atoms with Crippen molar-refractivity contribution in [2.24, 2.45) is 5.73 Å². The summed E-state index contributed by atoms with van der Waals surface area (Å²) in [6.07, 6.45) is -3.60. The van der Waals surface area contributed by atoms with Crippen LogP contribution in [0.25, 0.3) is 22.2 Å². The maximum Gasteiger partial charge on any atom is 0.418 e. The number of carbonyl (C=O) groups is 1. The number of ether oxygens (including phenoxy) is 1. The van der Waals surface area contributed by atoms with Gasteiger partial charge in [-0.1, -0.05) is 0 Å². The standard InChI is InChI=1S/C23H15F5N4O3/c1-9-17(4-3-13(24)19(9)25)35-22-11(7-12(10(2)31-22)23(26,27)28)15-8-16(33)18-14(32-15)5-6-30-20(18)21(29)34/h3-8H,1-2H3,(H2,29,34)(H,32,33). The van der Waals surface area contributed by atoms with E-state index in [4.69, 9.17) is 10.5 Å². The Labute approximate surface area is 193 Å². The van der Waals surface area contributed by atoms with Crippen molar-refractivity contribution in [1.29, 1.82) is 0 Å². The molecular formula is C23H15F5N4O3. The first-order valence-electron chi connectivity index (χ1n) is 9.92. The average Bonchev–Trinajstić information content (AvgIpc) is 2.78. The van der Waals surface area contributed by atoms with Crippen molar-refractivity contribution in [2.75, 3.05) is 0 Å². The van der Waals surface area contributed by atoms with E-state index in [1.54, 1.807) is 0 Å². The molecule has 7 nitrogen and oxygen atoms in total. The van der Waals surface area contributed by atoms with Crippen molar-refractivity contribution in [2.45, 2.75) is 20.0 Å². The zero-order valence-corrected chi connectivity index (χ0v) is 18.1. The number of nitrogens with two attached hydrogens (primary N) is 1. The molecule has 0 radical (unpaired) electrons. The van der Waals surface area contributed by atoms with Gasteiger partial charge in [-0.25, -0.2) is 13.8 Å². The van der Waals surface area contributed by atoms with Gasteiger partial charge in [-0.15, -0.1) is 0 Å². The average molecular weight is 490 g/mol. The molecule has 3 aromatic heterocycles. The maximum absolute atomic E-state index is 14.0. The Kier molecular flexibility index (Phi) is 5.75. The maximum atomic E-state index is 14.0. The summed E-state index contributed by atoms with van der Waals surface area (Å²) in [4.78, 5) is 34.9. The first-order chi connectivity index (χ1) is 16.4. The van der Waals surface area contributed by atoms with Crippen LogP contribution in [0.5, 0.6) is 11.6 Å². The molecule has 1 amide bonds. The summed E-state index contributed by atoms with van der Waals surface area (Å²) in [6.45, 7) is 2.33. The third kappa shape index (κ3) is 4.29. The highest BCUT2D eigenvalue weighted by Crippen LogP contribution is 2.39. The molecule has 0 saturated carbocycles. The number of benzene rings is 1. The van der Waals surface area contributed by atoms with E-state index in [0.717, 1.165) is 31.2 Å². The second-order valence-corrected chi connectivity index (χ2v) is 7.55. The van der Waals surface area contributed by atoms with Crippen molar-refractivity contribution in [3.05, 3.63) is 80.9 Å². The number of nitrogens with one attached hydrogen (secondary N) is 1. The van der Waals surface area contributed by atoms with Gasteiger partial charge >= 0.3 is 6.18 Å². The van der Waals surface area contributed by atoms with E-state index in [1.165, 1.54) is 19.2 Å². The quantitative estimate of drug-likeness (QED) is 0.400. The summed E-state index contributed by atoms with van der Waals surface area (Å²) in [7, 11) is 0. The van der Waals surface area contributed by atoms with E-state index in [-0.39, 0.29) is 39.2 Å². The molecule has 180 valence electrons. The van der Waals surface area contributed by atoms with Gasteiger partial charge in [0.15, 0.2) is 17.1 Å². The fourth-order valence-corrected chi connectivity index (χ4v) is 3.52. The Morgan fingerprint density at radius 2 is 1.83 bits per heavy atom. The van der Waals surface area contributed by atoms with Gasteiger partial charge in [0.1, 0.15) is 11.4 Å². The Bertz CT molecular complexity index is 1560. The van der Waals surface area contributed by atoms with Crippen LogP contribution in [0.2, 0.25) is 0 Å². The molecule has 0 bridgehead atoms. The van der Waals surface area contributed by atoms with Gasteiger partial charge in [-0.3, -0.25) is 14.6 Å². The first-order valence-corrected chi connectivity index (χ1v) is 9.92. The smallest absolute Gasteiger partial charge is 0.418 e. The number of amides is 1. The van der Waals surface area contributed by atoms with E-state index in [0.29, 0.717) is 0 Å². The zero-order valence-electron chi connectivity index (χ0n) is 18.1. The molecule has 4 aromatic rings. The molecule has 3 heterocycles. The number of nitrogens with zero attached hydrogens (tertiary/aromatic N) is 2. The number of rotatable bonds is 4. The number of aromatic amines is 1. The molecule has 0 aliphatic rings. The number of primary amides is 1. The molecule has 0 saturated heterocycles. The minimum atomic E-state index is -4.79. The van der Waals surface area contributed by atoms with Gasteiger partial charge in [-0.05, 0) is 38.1 Å². The second kappa shape index (κ2) is 8.46. The molecule has 35 heavy (non-hydrogen) atoms. The van der Waals surface area contributed by atoms with Gasteiger partial charge < -0.3 is 15.5 Å². The highest BCUT2D eigenvalue weighted by atomic mass is 19.4. The van der Waals surface area contributed by atoms with Crippen LogP contribution in [0.3, 0.4) is 0 Å². The topological polar surface area (TPSA) is 111 Å². The summed E-state index contributed by atoms with van der Waals surface area (Å²) >= 11 is 0. The number of fused-ring (bicyclic) bond motifs is 1. The van der Waals surface area contributed by atoms with Crippen LogP contribution in [0, 0.1) is 25.5 Å². The van der Waals surface area contributed by atoms with Crippen molar-refractivity contribution >= 4 is 16.8 Å². The number of hydrogen-bond donors (Lipinski definition) is 2. The Morgan fingerprint density at radius 1 is 1.11 bits per heavy atom. The van der Waals surface area contributed by atoms with E-state index in [1.807, 2.05) is 0 Å². The van der Waals surface area contributed by atoms with Crippen molar-refractivity contribution in [1.82, 2.24) is 15.0 Å². The second-order valence-electron chi connectivity index (χ2n) is 7.55. The third-order valence-corrected chi connectivity index (χ3v) is 5.25. The molecule has 0 spiro atoms. The number of H-pyrrole nitrogens is 1. The summed E-state index contributed by atoms with van der Waals surface area (Å²) in [5, 5.41) is -0.154. The fourth-order valence-electron chi connectivity index (χ4n) is 3.52. The molecule has 3 N–H and O–H groups in total. The van der Waals surface area contributed by atoms with Crippen LogP contribution in [-0.2, 0) is 6.18 Å². The lowest BCUT2D eigenvalue weighted by atomic mass is 10.1. The number of aromatic nitrogens is 3. The summed E-state index contributed by atoms with van der Waals surface area (Å²) < 4.78 is 74.1. The minimum Gasteiger partial charge on any atom is -0.438 e. The normalized spacial score (nSPS) is 11.6. The molecule has 4 rings (SSSR count). The van der Waals surface area contributed by atoms with E-state index >= 15 is 0 Å². The first kappa shape index (κ1) is 23.8. The zero-order chi connectivity index (χ0) is 25.7. The predicted octanol–water partition coefficient (Wildman–Crippen LogP) is 4.79. The van der Waals surface area contributed by atoms with E-state index in [9.17, 15) is 31.5 Å². The Morgan fingerprint density at radius 3 is 2.49 bits per heavy atom. The van der Waals surface area contributed by atoms with Crippen LogP contribution in [0.1, 0.15) is 27.3 Å². The van der Waals surface area contributed by atoms with Crippen LogP contribution < -0.4 is 15.9 Å². The number of hydrogen-bond acceptors (Lipinski definition) is 5. The van der Waals surface area contributed by atoms with Gasteiger partial charge in [0.25, 0.3) is 5.91 Å². The molecule has 0 unspecified atom stereocenters. The number of alkyl halides is 3. The fraction of sp³-hybridized carbons (Fsp3) is 0.130. The predicted molar refractivity (Wildman–Crippen MR) is 115 cm³/mol.